The van der Waals surface area contributed by atoms with E-state index in [1.807, 2.05) is 25.2 Å². The second-order valence-electron chi connectivity index (χ2n) is 6.68. The van der Waals surface area contributed by atoms with Crippen LogP contribution in [0.2, 0.25) is 0 Å². The third kappa shape index (κ3) is 3.22. The van der Waals surface area contributed by atoms with E-state index in [2.05, 4.69) is 25.3 Å². The van der Waals surface area contributed by atoms with Crippen LogP contribution in [0.4, 0.5) is 11.4 Å². The highest BCUT2D eigenvalue weighted by molar-refractivity contribution is 5.98. The van der Waals surface area contributed by atoms with E-state index in [4.69, 9.17) is 0 Å². The number of benzene rings is 1. The van der Waals surface area contributed by atoms with Crippen molar-refractivity contribution in [3.8, 4) is 0 Å². The Morgan fingerprint density at radius 1 is 1.23 bits per heavy atom. The van der Waals surface area contributed by atoms with Crippen molar-refractivity contribution >= 4 is 28.3 Å². The molecule has 0 radical (unpaired) electrons. The highest BCUT2D eigenvalue weighted by Crippen LogP contribution is 2.32. The number of carbonyl (C=O) groups is 1. The van der Waals surface area contributed by atoms with Gasteiger partial charge >= 0.3 is 5.69 Å². The standard InChI is InChI=1S/C18H22N6O2/c1-23-12(6-7-19-23)4-5-17(25)20-15-10-13-14(22-18(26)21-13)11-16(15)24-8-2-3-9-24/h6-7,10-11H,2-5,8-9H2,1H3,(H,20,25)(H2,21,22,26). The first-order chi connectivity index (χ1) is 12.6. The predicted octanol–water partition coefficient (Wildman–Crippen LogP) is 1.76. The Hall–Kier alpha value is -3.03. The molecule has 1 saturated heterocycles. The highest BCUT2D eigenvalue weighted by Gasteiger charge is 2.19. The Kier molecular flexibility index (Phi) is 4.24. The maximum atomic E-state index is 12.5. The van der Waals surface area contributed by atoms with Gasteiger partial charge in [0.25, 0.3) is 0 Å². The van der Waals surface area contributed by atoms with E-state index in [9.17, 15) is 9.59 Å². The molecule has 136 valence electrons. The van der Waals surface area contributed by atoms with Gasteiger partial charge in [-0.1, -0.05) is 0 Å². The monoisotopic (exact) mass is 354 g/mol. The average molecular weight is 354 g/mol. The number of aromatic nitrogens is 4. The number of H-pyrrole nitrogens is 2. The van der Waals surface area contributed by atoms with Gasteiger partial charge in [-0.25, -0.2) is 4.79 Å². The van der Waals surface area contributed by atoms with Crippen molar-refractivity contribution in [2.24, 2.45) is 7.05 Å². The van der Waals surface area contributed by atoms with Crippen LogP contribution in [0.5, 0.6) is 0 Å². The number of amides is 1. The van der Waals surface area contributed by atoms with Gasteiger partial charge in [0.1, 0.15) is 0 Å². The van der Waals surface area contributed by atoms with E-state index in [1.54, 1.807) is 10.9 Å². The lowest BCUT2D eigenvalue weighted by molar-refractivity contribution is -0.116. The molecule has 2 aromatic heterocycles. The minimum Gasteiger partial charge on any atom is -0.370 e. The lowest BCUT2D eigenvalue weighted by Crippen LogP contribution is -2.21. The molecular weight excluding hydrogens is 332 g/mol. The summed E-state index contributed by atoms with van der Waals surface area (Å²) < 4.78 is 1.78. The first-order valence-electron chi connectivity index (χ1n) is 8.88. The Balaban J connectivity index is 1.57. The molecule has 0 spiro atoms. The van der Waals surface area contributed by atoms with Gasteiger partial charge in [0, 0.05) is 38.4 Å². The van der Waals surface area contributed by atoms with Crippen molar-refractivity contribution < 1.29 is 4.79 Å². The van der Waals surface area contributed by atoms with E-state index in [-0.39, 0.29) is 11.6 Å². The number of nitrogens with one attached hydrogen (secondary N) is 3. The molecule has 3 aromatic rings. The topological polar surface area (TPSA) is 98.8 Å². The van der Waals surface area contributed by atoms with Crippen molar-refractivity contribution in [3.63, 3.8) is 0 Å². The zero-order valence-electron chi connectivity index (χ0n) is 14.7. The van der Waals surface area contributed by atoms with Gasteiger partial charge in [-0.2, -0.15) is 5.10 Å². The second kappa shape index (κ2) is 6.70. The summed E-state index contributed by atoms with van der Waals surface area (Å²) >= 11 is 0. The summed E-state index contributed by atoms with van der Waals surface area (Å²) in [6.07, 6.45) is 5.01. The third-order valence-electron chi connectivity index (χ3n) is 4.88. The van der Waals surface area contributed by atoms with Gasteiger partial charge < -0.3 is 20.2 Å². The summed E-state index contributed by atoms with van der Waals surface area (Å²) in [4.78, 5) is 31.9. The van der Waals surface area contributed by atoms with E-state index < -0.39 is 0 Å². The molecule has 4 rings (SSSR count). The number of rotatable bonds is 5. The number of imidazole rings is 1. The molecule has 3 heterocycles. The number of hydrogen-bond acceptors (Lipinski definition) is 4. The lowest BCUT2D eigenvalue weighted by Gasteiger charge is -2.22. The van der Waals surface area contributed by atoms with E-state index >= 15 is 0 Å². The minimum absolute atomic E-state index is 0.0520. The molecule has 1 aliphatic heterocycles. The summed E-state index contributed by atoms with van der Waals surface area (Å²) in [5.41, 5.74) is 3.92. The Labute approximate surface area is 150 Å². The molecule has 26 heavy (non-hydrogen) atoms. The second-order valence-corrected chi connectivity index (χ2v) is 6.68. The maximum Gasteiger partial charge on any atom is 0.323 e. The third-order valence-corrected chi connectivity index (χ3v) is 4.88. The number of fused-ring (bicyclic) bond motifs is 1. The smallest absolute Gasteiger partial charge is 0.323 e. The molecule has 0 bridgehead atoms. The fourth-order valence-electron chi connectivity index (χ4n) is 3.49. The van der Waals surface area contributed by atoms with Crippen LogP contribution in [0.25, 0.3) is 11.0 Å². The minimum atomic E-state index is -0.243. The van der Waals surface area contributed by atoms with E-state index in [1.165, 1.54) is 0 Å². The average Bonchev–Trinajstić information content (AvgIpc) is 3.32. The largest absolute Gasteiger partial charge is 0.370 e. The summed E-state index contributed by atoms with van der Waals surface area (Å²) in [5.74, 6) is -0.0520. The van der Waals surface area contributed by atoms with Crippen LogP contribution >= 0.6 is 0 Å². The normalized spacial score (nSPS) is 14.3. The predicted molar refractivity (Wildman–Crippen MR) is 101 cm³/mol. The molecule has 1 aliphatic rings. The SMILES string of the molecule is Cn1nccc1CCC(=O)Nc1cc2[nH]c(=O)[nH]c2cc1N1CCCC1. The van der Waals surface area contributed by atoms with Gasteiger partial charge in [-0.15, -0.1) is 0 Å². The molecule has 0 atom stereocenters. The molecule has 8 heteroatoms. The summed E-state index contributed by atoms with van der Waals surface area (Å²) in [5, 5.41) is 7.15. The first-order valence-corrected chi connectivity index (χ1v) is 8.88. The Bertz CT molecular complexity index is 993. The van der Waals surface area contributed by atoms with E-state index in [0.29, 0.717) is 18.4 Å². The zero-order chi connectivity index (χ0) is 18.1. The highest BCUT2D eigenvalue weighted by atomic mass is 16.1. The maximum absolute atomic E-state index is 12.5. The summed E-state index contributed by atoms with van der Waals surface area (Å²) in [6, 6.07) is 5.69. The lowest BCUT2D eigenvalue weighted by atomic mass is 10.2. The molecule has 0 aliphatic carbocycles. The quantitative estimate of drug-likeness (QED) is 0.650. The number of carbonyl (C=O) groups excluding carboxylic acids is 1. The van der Waals surface area contributed by atoms with Crippen LogP contribution in [-0.4, -0.2) is 38.7 Å². The molecule has 3 N–H and O–H groups in total. The number of hydrogen-bond donors (Lipinski definition) is 3. The number of anilines is 2. The summed E-state index contributed by atoms with van der Waals surface area (Å²) in [7, 11) is 1.87. The van der Waals surface area contributed by atoms with Crippen molar-refractivity contribution in [1.29, 1.82) is 0 Å². The Morgan fingerprint density at radius 2 is 1.96 bits per heavy atom. The molecule has 1 amide bonds. The van der Waals surface area contributed by atoms with E-state index in [0.717, 1.165) is 48.5 Å². The van der Waals surface area contributed by atoms with Crippen LogP contribution in [-0.2, 0) is 18.3 Å². The molecule has 8 nitrogen and oxygen atoms in total. The molecule has 0 unspecified atom stereocenters. The zero-order valence-corrected chi connectivity index (χ0v) is 14.7. The first kappa shape index (κ1) is 16.4. The van der Waals surface area contributed by atoms with Crippen LogP contribution in [0.1, 0.15) is 25.0 Å². The summed E-state index contributed by atoms with van der Waals surface area (Å²) in [6.45, 7) is 1.91. The van der Waals surface area contributed by atoms with Gasteiger partial charge in [-0.3, -0.25) is 9.48 Å². The van der Waals surface area contributed by atoms with Gasteiger partial charge in [-0.05, 0) is 37.5 Å². The molecule has 1 fully saturated rings. The molecule has 1 aromatic carbocycles. The fourth-order valence-corrected chi connectivity index (χ4v) is 3.49. The van der Waals surface area contributed by atoms with Gasteiger partial charge in [0.15, 0.2) is 0 Å². The Morgan fingerprint density at radius 3 is 2.65 bits per heavy atom. The molecular formula is C18H22N6O2. The van der Waals surface area contributed by atoms with Gasteiger partial charge in [0.05, 0.1) is 22.4 Å². The van der Waals surface area contributed by atoms with Crippen LogP contribution in [0.3, 0.4) is 0 Å². The molecule has 0 saturated carbocycles. The van der Waals surface area contributed by atoms with Crippen LogP contribution in [0, 0.1) is 0 Å². The fraction of sp³-hybridized carbons (Fsp3) is 0.389. The number of nitrogens with zero attached hydrogens (tertiary/aromatic N) is 3. The van der Waals surface area contributed by atoms with Crippen molar-refractivity contribution in [1.82, 2.24) is 19.7 Å². The van der Waals surface area contributed by atoms with Crippen LogP contribution < -0.4 is 15.9 Å². The van der Waals surface area contributed by atoms with Gasteiger partial charge in [0.2, 0.25) is 5.91 Å². The van der Waals surface area contributed by atoms with Crippen LogP contribution in [0.15, 0.2) is 29.2 Å². The van der Waals surface area contributed by atoms with Crippen molar-refractivity contribution in [2.75, 3.05) is 23.3 Å². The van der Waals surface area contributed by atoms with Crippen molar-refractivity contribution in [3.05, 3.63) is 40.6 Å². The number of aromatic amines is 2. The number of aryl methyl sites for hydroxylation is 2. The van der Waals surface area contributed by atoms with Crippen molar-refractivity contribution in [2.45, 2.75) is 25.7 Å².